The molecule has 1 aromatic rings. The highest BCUT2D eigenvalue weighted by Gasteiger charge is 2.49. The first-order valence-electron chi connectivity index (χ1n) is 8.13. The topological polar surface area (TPSA) is 73.7 Å². The van der Waals surface area contributed by atoms with Crippen LogP contribution in [-0.2, 0) is 18.8 Å². The lowest BCUT2D eigenvalue weighted by molar-refractivity contribution is -0.160. The Morgan fingerprint density at radius 3 is 2.81 bits per heavy atom. The molecule has 0 unspecified atom stereocenters. The maximum atomic E-state index is 12.5. The number of ether oxygens (including phenoxy) is 1. The second-order valence-corrected chi connectivity index (χ2v) is 13.0. The van der Waals surface area contributed by atoms with Crippen molar-refractivity contribution < 1.29 is 18.8 Å². The number of thiocarbonyl (C=S) groups is 1. The summed E-state index contributed by atoms with van der Waals surface area (Å²) in [5, 5.41) is -0.273. The van der Waals surface area contributed by atoms with Crippen LogP contribution in [-0.4, -0.2) is 64.1 Å². The van der Waals surface area contributed by atoms with Crippen molar-refractivity contribution in [3.05, 3.63) is 31.4 Å². The third kappa shape index (κ3) is 5.50. The number of carbonyl (C=O) groups excluding carboxylic acids is 2. The standard InChI is InChI=1S/C16H23N3O4S2Si/c1-5-8-22-13(20)9-19-14(21)12(10-23-26(2,3)4)15(19)25-16(24)18-7-6-17-11-18/h5-7,11-12,15H,1,8-10H2,2-4H3/t12-,15+/m0/s1. The average molecular weight is 414 g/mol. The van der Waals surface area contributed by atoms with E-state index in [1.807, 2.05) is 0 Å². The monoisotopic (exact) mass is 413 g/mol. The van der Waals surface area contributed by atoms with Crippen LogP contribution in [0.3, 0.4) is 0 Å². The van der Waals surface area contributed by atoms with Gasteiger partial charge in [0, 0.05) is 19.0 Å². The highest BCUT2D eigenvalue weighted by molar-refractivity contribution is 8.23. The van der Waals surface area contributed by atoms with Gasteiger partial charge in [-0.3, -0.25) is 14.2 Å². The van der Waals surface area contributed by atoms with Crippen molar-refractivity contribution in [2.75, 3.05) is 19.8 Å². The van der Waals surface area contributed by atoms with E-state index < -0.39 is 14.3 Å². The Balaban J connectivity index is 2.05. The fourth-order valence-corrected chi connectivity index (χ4v) is 4.45. The van der Waals surface area contributed by atoms with Crippen LogP contribution in [0.15, 0.2) is 31.4 Å². The number of thioether (sulfide) groups is 1. The average Bonchev–Trinajstić information content (AvgIpc) is 3.10. The van der Waals surface area contributed by atoms with Crippen LogP contribution in [0.25, 0.3) is 0 Å². The molecule has 1 aromatic heterocycles. The van der Waals surface area contributed by atoms with Gasteiger partial charge in [-0.2, -0.15) is 0 Å². The summed E-state index contributed by atoms with van der Waals surface area (Å²) >= 11 is 6.77. The number of aromatic nitrogens is 2. The molecule has 1 aliphatic heterocycles. The first-order valence-corrected chi connectivity index (χ1v) is 12.8. The Kier molecular flexibility index (Phi) is 7.15. The number of imidazole rings is 1. The summed E-state index contributed by atoms with van der Waals surface area (Å²) in [4.78, 5) is 29.9. The van der Waals surface area contributed by atoms with Crippen molar-refractivity contribution in [3.8, 4) is 0 Å². The summed E-state index contributed by atoms with van der Waals surface area (Å²) in [6, 6.07) is 0. The summed E-state index contributed by atoms with van der Waals surface area (Å²) < 4.78 is 13.2. The van der Waals surface area contributed by atoms with Gasteiger partial charge in [0.2, 0.25) is 5.91 Å². The lowest BCUT2D eigenvalue weighted by Crippen LogP contribution is -2.63. The zero-order valence-corrected chi connectivity index (χ0v) is 17.7. The molecule has 2 heterocycles. The molecule has 142 valence electrons. The van der Waals surface area contributed by atoms with E-state index in [2.05, 4.69) is 31.2 Å². The molecule has 26 heavy (non-hydrogen) atoms. The van der Waals surface area contributed by atoms with Gasteiger partial charge in [0.15, 0.2) is 8.32 Å². The van der Waals surface area contributed by atoms with Crippen molar-refractivity contribution in [3.63, 3.8) is 0 Å². The number of carbonyl (C=O) groups is 2. The zero-order chi connectivity index (χ0) is 19.3. The van der Waals surface area contributed by atoms with Crippen LogP contribution < -0.4 is 0 Å². The van der Waals surface area contributed by atoms with Crippen LogP contribution in [0.4, 0.5) is 0 Å². The van der Waals surface area contributed by atoms with Gasteiger partial charge in [-0.1, -0.05) is 36.6 Å². The highest BCUT2D eigenvalue weighted by Crippen LogP contribution is 2.37. The van der Waals surface area contributed by atoms with E-state index in [1.165, 1.54) is 22.7 Å². The summed E-state index contributed by atoms with van der Waals surface area (Å²) in [5.74, 6) is -0.924. The number of β-lactam (4-membered cyclic amide) rings is 1. The van der Waals surface area contributed by atoms with Crippen LogP contribution >= 0.6 is 24.0 Å². The Morgan fingerprint density at radius 2 is 2.23 bits per heavy atom. The second kappa shape index (κ2) is 8.93. The number of hydrogen-bond acceptors (Lipinski definition) is 7. The van der Waals surface area contributed by atoms with Crippen LogP contribution in [0.1, 0.15) is 0 Å². The number of esters is 1. The number of amides is 1. The molecule has 10 heteroatoms. The molecular weight excluding hydrogens is 390 g/mol. The van der Waals surface area contributed by atoms with Gasteiger partial charge in [-0.05, 0) is 19.6 Å². The number of likely N-dealkylation sites (tertiary alicyclic amines) is 1. The SMILES string of the molecule is C=CCOC(=O)CN1C(=O)[C@H](CO[Si](C)(C)C)[C@H]1SC(=S)n1ccnc1. The summed E-state index contributed by atoms with van der Waals surface area (Å²) in [5.41, 5.74) is 0. The molecule has 7 nitrogen and oxygen atoms in total. The molecule has 2 rings (SSSR count). The van der Waals surface area contributed by atoms with Gasteiger partial charge in [-0.15, -0.1) is 0 Å². The first-order chi connectivity index (χ1) is 12.2. The van der Waals surface area contributed by atoms with Crippen molar-refractivity contribution in [2.45, 2.75) is 25.0 Å². The van der Waals surface area contributed by atoms with Crippen molar-refractivity contribution >= 4 is 48.5 Å². The predicted octanol–water partition coefficient (Wildman–Crippen LogP) is 2.11. The molecule has 1 aliphatic rings. The van der Waals surface area contributed by atoms with Crippen molar-refractivity contribution in [2.24, 2.45) is 5.92 Å². The smallest absolute Gasteiger partial charge is 0.325 e. The number of nitrogens with zero attached hydrogens (tertiary/aromatic N) is 3. The third-order valence-corrected chi connectivity index (χ3v) is 6.32. The molecule has 0 aromatic carbocycles. The fraction of sp³-hybridized carbons (Fsp3) is 0.500. The van der Waals surface area contributed by atoms with Gasteiger partial charge in [0.25, 0.3) is 0 Å². The normalized spacial score (nSPS) is 19.8. The van der Waals surface area contributed by atoms with Gasteiger partial charge < -0.3 is 14.1 Å². The quantitative estimate of drug-likeness (QED) is 0.212. The maximum Gasteiger partial charge on any atom is 0.325 e. The molecule has 0 N–H and O–H groups in total. The minimum Gasteiger partial charge on any atom is -0.460 e. The molecule has 1 fully saturated rings. The van der Waals surface area contributed by atoms with E-state index in [-0.39, 0.29) is 30.4 Å². The largest absolute Gasteiger partial charge is 0.460 e. The van der Waals surface area contributed by atoms with Crippen LogP contribution in [0, 0.1) is 5.92 Å². The van der Waals surface area contributed by atoms with Gasteiger partial charge in [0.05, 0.1) is 11.3 Å². The predicted molar refractivity (Wildman–Crippen MR) is 107 cm³/mol. The minimum absolute atomic E-state index is 0.111. The molecule has 0 radical (unpaired) electrons. The highest BCUT2D eigenvalue weighted by atomic mass is 32.2. The lowest BCUT2D eigenvalue weighted by atomic mass is 9.99. The van der Waals surface area contributed by atoms with Gasteiger partial charge in [0.1, 0.15) is 23.8 Å². The van der Waals surface area contributed by atoms with Crippen molar-refractivity contribution in [1.82, 2.24) is 14.5 Å². The molecule has 0 bridgehead atoms. The number of rotatable bonds is 8. The summed E-state index contributed by atoms with van der Waals surface area (Å²) in [6.45, 7) is 10.0. The molecule has 1 saturated heterocycles. The van der Waals surface area contributed by atoms with Crippen LogP contribution in [0.5, 0.6) is 0 Å². The van der Waals surface area contributed by atoms with Crippen LogP contribution in [0.2, 0.25) is 19.6 Å². The minimum atomic E-state index is -1.76. The zero-order valence-electron chi connectivity index (χ0n) is 15.1. The van der Waals surface area contributed by atoms with Crippen molar-refractivity contribution in [1.29, 1.82) is 0 Å². The van der Waals surface area contributed by atoms with Gasteiger partial charge in [-0.25, -0.2) is 4.98 Å². The Bertz CT molecular complexity index is 676. The summed E-state index contributed by atoms with van der Waals surface area (Å²) in [7, 11) is -1.76. The molecule has 0 saturated carbocycles. The molecule has 0 spiro atoms. The van der Waals surface area contributed by atoms with E-state index in [4.69, 9.17) is 21.4 Å². The maximum absolute atomic E-state index is 12.5. The van der Waals surface area contributed by atoms with E-state index >= 15 is 0 Å². The number of hydrogen-bond donors (Lipinski definition) is 0. The van der Waals surface area contributed by atoms with Gasteiger partial charge >= 0.3 is 5.97 Å². The van der Waals surface area contributed by atoms with E-state index in [1.54, 1.807) is 23.3 Å². The lowest BCUT2D eigenvalue weighted by Gasteiger charge is -2.46. The molecule has 2 atom stereocenters. The molecule has 1 amide bonds. The Hall–Kier alpha value is -1.49. The second-order valence-electron chi connectivity index (χ2n) is 6.71. The third-order valence-electron chi connectivity index (χ3n) is 3.55. The molecule has 0 aliphatic carbocycles. The summed E-state index contributed by atoms with van der Waals surface area (Å²) in [6.07, 6.45) is 6.47. The van der Waals surface area contributed by atoms with E-state index in [0.29, 0.717) is 10.9 Å². The van der Waals surface area contributed by atoms with E-state index in [9.17, 15) is 9.59 Å². The Morgan fingerprint density at radius 1 is 1.50 bits per heavy atom. The van der Waals surface area contributed by atoms with E-state index in [0.717, 1.165) is 0 Å². The Labute approximate surface area is 163 Å². The fourth-order valence-electron chi connectivity index (χ4n) is 2.27. The first kappa shape index (κ1) is 20.8. The molecular formula is C16H23N3O4S2Si.